The molecule has 0 radical (unpaired) electrons. The molecule has 0 saturated carbocycles. The second-order valence-corrected chi connectivity index (χ2v) is 4.14. The topological polar surface area (TPSA) is 39.4 Å². The molecule has 3 heteroatoms. The minimum Gasteiger partial charge on any atom is -0.462 e. The molecule has 0 spiro atoms. The number of para-hydroxylation sites is 1. The highest BCUT2D eigenvalue weighted by molar-refractivity contribution is 5.76. The Kier molecular flexibility index (Phi) is 3.47. The fraction of sp³-hybridized carbons (Fsp3) is 0.357. The summed E-state index contributed by atoms with van der Waals surface area (Å²) in [6, 6.07) is 8.59. The predicted molar refractivity (Wildman–Crippen MR) is 67.5 cm³/mol. The molecule has 2 rings (SSSR count). The van der Waals surface area contributed by atoms with Gasteiger partial charge in [-0.2, -0.15) is 0 Å². The van der Waals surface area contributed by atoms with Crippen molar-refractivity contribution in [3.63, 3.8) is 0 Å². The third kappa shape index (κ3) is 2.67. The maximum absolute atomic E-state index is 11.8. The molecule has 0 saturated heterocycles. The summed E-state index contributed by atoms with van der Waals surface area (Å²) in [5.41, 5.74) is 0.504. The standard InChI is InChI=1S/C14H16O3/c1-3-6-10(2)16-14-9-12(15)11-7-4-5-8-13(11)17-14/h4-5,7-10H,3,6H2,1-2H3/t10-/m1/s1. The first-order valence-electron chi connectivity index (χ1n) is 5.90. The van der Waals surface area contributed by atoms with Crippen molar-refractivity contribution in [3.05, 3.63) is 40.6 Å². The summed E-state index contributed by atoms with van der Waals surface area (Å²) >= 11 is 0. The molecule has 0 aliphatic carbocycles. The minimum atomic E-state index is -0.0643. The molecule has 1 heterocycles. The summed E-state index contributed by atoms with van der Waals surface area (Å²) in [7, 11) is 0. The largest absolute Gasteiger partial charge is 0.462 e. The summed E-state index contributed by atoms with van der Waals surface area (Å²) in [5, 5.41) is 0.586. The Morgan fingerprint density at radius 1 is 1.35 bits per heavy atom. The SMILES string of the molecule is CCC[C@@H](C)Oc1cc(=O)c2ccccc2o1. The van der Waals surface area contributed by atoms with Gasteiger partial charge in [0.1, 0.15) is 5.58 Å². The summed E-state index contributed by atoms with van der Waals surface area (Å²) in [6.07, 6.45) is 2.04. The molecule has 0 fully saturated rings. The summed E-state index contributed by atoms with van der Waals surface area (Å²) in [6.45, 7) is 4.06. The van der Waals surface area contributed by atoms with Crippen LogP contribution in [0.3, 0.4) is 0 Å². The van der Waals surface area contributed by atoms with E-state index in [0.717, 1.165) is 12.8 Å². The van der Waals surface area contributed by atoms with Crippen LogP contribution >= 0.6 is 0 Å². The Morgan fingerprint density at radius 2 is 2.12 bits per heavy atom. The van der Waals surface area contributed by atoms with Gasteiger partial charge in [0.15, 0.2) is 5.43 Å². The van der Waals surface area contributed by atoms with Crippen molar-refractivity contribution in [2.75, 3.05) is 0 Å². The van der Waals surface area contributed by atoms with E-state index in [9.17, 15) is 4.79 Å². The molecule has 0 aliphatic heterocycles. The second kappa shape index (κ2) is 5.04. The molecular formula is C14H16O3. The number of rotatable bonds is 4. The fourth-order valence-corrected chi connectivity index (χ4v) is 1.80. The quantitative estimate of drug-likeness (QED) is 0.811. The first kappa shape index (κ1) is 11.7. The number of hydrogen-bond acceptors (Lipinski definition) is 3. The molecule has 90 valence electrons. The van der Waals surface area contributed by atoms with Gasteiger partial charge in [-0.1, -0.05) is 25.5 Å². The van der Waals surface area contributed by atoms with E-state index in [1.807, 2.05) is 19.1 Å². The monoisotopic (exact) mass is 232 g/mol. The zero-order chi connectivity index (χ0) is 12.3. The second-order valence-electron chi connectivity index (χ2n) is 4.14. The van der Waals surface area contributed by atoms with Gasteiger partial charge in [-0.25, -0.2) is 0 Å². The van der Waals surface area contributed by atoms with Crippen molar-refractivity contribution in [2.45, 2.75) is 32.8 Å². The Labute approximate surface area is 100 Å². The van der Waals surface area contributed by atoms with E-state index in [0.29, 0.717) is 16.9 Å². The summed E-state index contributed by atoms with van der Waals surface area (Å²) in [5.74, 6) is 0.301. The molecule has 1 aromatic carbocycles. The molecule has 0 bridgehead atoms. The normalized spacial score (nSPS) is 12.6. The van der Waals surface area contributed by atoms with Crippen LogP contribution in [0.25, 0.3) is 11.0 Å². The van der Waals surface area contributed by atoms with Gasteiger partial charge in [-0.3, -0.25) is 4.79 Å². The van der Waals surface area contributed by atoms with Gasteiger partial charge in [0.25, 0.3) is 5.95 Å². The smallest absolute Gasteiger partial charge is 0.288 e. The Balaban J connectivity index is 2.33. The lowest BCUT2D eigenvalue weighted by Crippen LogP contribution is -2.12. The average molecular weight is 232 g/mol. The van der Waals surface area contributed by atoms with Gasteiger partial charge in [-0.15, -0.1) is 0 Å². The van der Waals surface area contributed by atoms with Crippen LogP contribution in [0.2, 0.25) is 0 Å². The van der Waals surface area contributed by atoms with Crippen molar-refractivity contribution in [1.29, 1.82) is 0 Å². The van der Waals surface area contributed by atoms with Crippen LogP contribution in [-0.4, -0.2) is 6.10 Å². The summed E-state index contributed by atoms with van der Waals surface area (Å²) < 4.78 is 11.1. The van der Waals surface area contributed by atoms with Crippen molar-refractivity contribution in [1.82, 2.24) is 0 Å². The number of fused-ring (bicyclic) bond motifs is 1. The van der Waals surface area contributed by atoms with Gasteiger partial charge in [0, 0.05) is 0 Å². The van der Waals surface area contributed by atoms with E-state index in [1.165, 1.54) is 6.07 Å². The highest BCUT2D eigenvalue weighted by Gasteiger charge is 2.08. The fourth-order valence-electron chi connectivity index (χ4n) is 1.80. The Hall–Kier alpha value is -1.77. The van der Waals surface area contributed by atoms with Gasteiger partial charge >= 0.3 is 0 Å². The van der Waals surface area contributed by atoms with Gasteiger partial charge in [0.2, 0.25) is 0 Å². The molecule has 0 aliphatic rings. The third-order valence-electron chi connectivity index (χ3n) is 2.62. The van der Waals surface area contributed by atoms with Gasteiger partial charge < -0.3 is 9.15 Å². The zero-order valence-electron chi connectivity index (χ0n) is 10.1. The van der Waals surface area contributed by atoms with Crippen LogP contribution in [0.1, 0.15) is 26.7 Å². The lowest BCUT2D eigenvalue weighted by molar-refractivity contribution is 0.164. The van der Waals surface area contributed by atoms with E-state index in [2.05, 4.69) is 6.92 Å². The van der Waals surface area contributed by atoms with Crippen molar-refractivity contribution >= 4 is 11.0 Å². The zero-order valence-corrected chi connectivity index (χ0v) is 10.1. The van der Waals surface area contributed by atoms with Crippen LogP contribution in [0.15, 0.2) is 39.5 Å². The van der Waals surface area contributed by atoms with Crippen molar-refractivity contribution < 1.29 is 9.15 Å². The van der Waals surface area contributed by atoms with Crippen molar-refractivity contribution in [2.24, 2.45) is 0 Å². The number of hydrogen-bond donors (Lipinski definition) is 0. The van der Waals surface area contributed by atoms with E-state index < -0.39 is 0 Å². The van der Waals surface area contributed by atoms with Gasteiger partial charge in [0.05, 0.1) is 17.6 Å². The molecular weight excluding hydrogens is 216 g/mol. The molecule has 0 N–H and O–H groups in total. The maximum Gasteiger partial charge on any atom is 0.288 e. The highest BCUT2D eigenvalue weighted by atomic mass is 16.6. The third-order valence-corrected chi connectivity index (χ3v) is 2.62. The lowest BCUT2D eigenvalue weighted by Gasteiger charge is -2.12. The molecule has 0 unspecified atom stereocenters. The van der Waals surface area contributed by atoms with Crippen LogP contribution in [0.4, 0.5) is 0 Å². The maximum atomic E-state index is 11.8. The predicted octanol–water partition coefficient (Wildman–Crippen LogP) is 3.36. The lowest BCUT2D eigenvalue weighted by atomic mass is 10.2. The van der Waals surface area contributed by atoms with Crippen LogP contribution in [0, 0.1) is 0 Å². The van der Waals surface area contributed by atoms with E-state index in [1.54, 1.807) is 12.1 Å². The van der Waals surface area contributed by atoms with Crippen molar-refractivity contribution in [3.8, 4) is 5.95 Å². The first-order valence-corrected chi connectivity index (χ1v) is 5.90. The summed E-state index contributed by atoms with van der Waals surface area (Å²) in [4.78, 5) is 11.8. The first-order chi connectivity index (χ1) is 8.20. The van der Waals surface area contributed by atoms with Crippen LogP contribution in [-0.2, 0) is 0 Å². The average Bonchev–Trinajstić information content (AvgIpc) is 2.29. The van der Waals surface area contributed by atoms with E-state index >= 15 is 0 Å². The molecule has 17 heavy (non-hydrogen) atoms. The van der Waals surface area contributed by atoms with Gasteiger partial charge in [-0.05, 0) is 25.5 Å². The van der Waals surface area contributed by atoms with E-state index in [4.69, 9.17) is 9.15 Å². The van der Waals surface area contributed by atoms with Crippen LogP contribution in [0.5, 0.6) is 5.95 Å². The molecule has 1 aromatic heterocycles. The molecule has 0 amide bonds. The minimum absolute atomic E-state index is 0.0595. The Morgan fingerprint density at radius 3 is 2.88 bits per heavy atom. The number of ether oxygens (including phenoxy) is 1. The van der Waals surface area contributed by atoms with E-state index in [-0.39, 0.29) is 11.5 Å². The molecule has 2 aromatic rings. The number of benzene rings is 1. The molecule has 3 nitrogen and oxygen atoms in total. The Bertz CT molecular complexity index is 557. The molecule has 1 atom stereocenters. The highest BCUT2D eigenvalue weighted by Crippen LogP contribution is 2.18. The van der Waals surface area contributed by atoms with Crippen LogP contribution < -0.4 is 10.2 Å².